The smallest absolute Gasteiger partial charge is 0.377 e. The van der Waals surface area contributed by atoms with Crippen molar-refractivity contribution in [3.8, 4) is 0 Å². The summed E-state index contributed by atoms with van der Waals surface area (Å²) < 4.78 is 49.7. The van der Waals surface area contributed by atoms with Crippen molar-refractivity contribution in [3.63, 3.8) is 0 Å². The minimum atomic E-state index is -3.99. The topological polar surface area (TPSA) is 110 Å². The van der Waals surface area contributed by atoms with E-state index in [0.29, 0.717) is 5.69 Å². The van der Waals surface area contributed by atoms with Gasteiger partial charge in [-0.15, -0.1) is 0 Å². The monoisotopic (exact) mass is 411 g/mol. The molecule has 150 valence electrons. The Labute approximate surface area is 160 Å². The van der Waals surface area contributed by atoms with Crippen molar-refractivity contribution >= 4 is 21.9 Å². The van der Waals surface area contributed by atoms with E-state index < -0.39 is 39.2 Å². The standard InChI is InChI=1S/C17H18FN3O6S/c1-12-10-14(27-19-12)17(23)26-11-16(22)20-6-8-21(9-7-20)28(24,25)15-5-3-2-4-13(15)18/h2-5,10H,6-9,11H2,1H3. The van der Waals surface area contributed by atoms with Crippen molar-refractivity contribution in [2.24, 2.45) is 0 Å². The van der Waals surface area contributed by atoms with Gasteiger partial charge in [-0.25, -0.2) is 17.6 Å². The molecule has 1 amide bonds. The molecule has 1 aliphatic rings. The Morgan fingerprint density at radius 1 is 1.21 bits per heavy atom. The summed E-state index contributed by atoms with van der Waals surface area (Å²) in [5.74, 6) is -2.20. The van der Waals surface area contributed by atoms with Gasteiger partial charge in [0.1, 0.15) is 10.7 Å². The maximum Gasteiger partial charge on any atom is 0.377 e. The zero-order valence-electron chi connectivity index (χ0n) is 15.0. The summed E-state index contributed by atoms with van der Waals surface area (Å²) in [6, 6.07) is 6.52. The van der Waals surface area contributed by atoms with Gasteiger partial charge in [0, 0.05) is 32.2 Å². The molecule has 3 rings (SSSR count). The maximum absolute atomic E-state index is 13.8. The SMILES string of the molecule is Cc1cc(C(=O)OCC(=O)N2CCN(S(=O)(=O)c3ccccc3F)CC2)on1. The minimum absolute atomic E-state index is 0.0116. The first kappa shape index (κ1) is 20.0. The molecule has 1 aromatic heterocycles. The second-order valence-electron chi connectivity index (χ2n) is 6.12. The van der Waals surface area contributed by atoms with Gasteiger partial charge in [0.2, 0.25) is 15.8 Å². The number of sulfonamides is 1. The summed E-state index contributed by atoms with van der Waals surface area (Å²) in [6.45, 7) is 1.37. The number of esters is 1. The first-order chi connectivity index (χ1) is 13.3. The average molecular weight is 411 g/mol. The summed E-state index contributed by atoms with van der Waals surface area (Å²) in [5, 5.41) is 3.56. The fourth-order valence-electron chi connectivity index (χ4n) is 2.72. The number of hydrogen-bond donors (Lipinski definition) is 0. The van der Waals surface area contributed by atoms with Crippen LogP contribution in [0.3, 0.4) is 0 Å². The van der Waals surface area contributed by atoms with Gasteiger partial charge in [-0.2, -0.15) is 4.31 Å². The number of ether oxygens (including phenoxy) is 1. The number of carbonyl (C=O) groups is 2. The van der Waals surface area contributed by atoms with E-state index in [0.717, 1.165) is 10.4 Å². The molecule has 0 atom stereocenters. The fraction of sp³-hybridized carbons (Fsp3) is 0.353. The number of aryl methyl sites for hydroxylation is 1. The number of piperazine rings is 1. The molecule has 2 heterocycles. The lowest BCUT2D eigenvalue weighted by molar-refractivity contribution is -0.135. The number of amides is 1. The molecular formula is C17H18FN3O6S. The lowest BCUT2D eigenvalue weighted by Crippen LogP contribution is -2.51. The maximum atomic E-state index is 13.8. The molecular weight excluding hydrogens is 393 g/mol. The van der Waals surface area contributed by atoms with E-state index in [1.54, 1.807) is 6.92 Å². The van der Waals surface area contributed by atoms with Crippen LogP contribution < -0.4 is 0 Å². The van der Waals surface area contributed by atoms with Crippen LogP contribution in [0.2, 0.25) is 0 Å². The Hall–Kier alpha value is -2.79. The van der Waals surface area contributed by atoms with Crippen molar-refractivity contribution in [2.45, 2.75) is 11.8 Å². The van der Waals surface area contributed by atoms with Gasteiger partial charge in [-0.05, 0) is 19.1 Å². The molecule has 0 N–H and O–H groups in total. The van der Waals surface area contributed by atoms with Gasteiger partial charge >= 0.3 is 5.97 Å². The summed E-state index contributed by atoms with van der Waals surface area (Å²) >= 11 is 0. The molecule has 2 aromatic rings. The molecule has 0 spiro atoms. The molecule has 0 saturated carbocycles. The van der Waals surface area contributed by atoms with Crippen molar-refractivity contribution in [1.82, 2.24) is 14.4 Å². The lowest BCUT2D eigenvalue weighted by Gasteiger charge is -2.33. The molecule has 0 radical (unpaired) electrons. The largest absolute Gasteiger partial charge is 0.450 e. The van der Waals surface area contributed by atoms with Crippen LogP contribution in [-0.2, 0) is 19.6 Å². The van der Waals surface area contributed by atoms with Crippen LogP contribution in [0, 0.1) is 12.7 Å². The number of rotatable bonds is 5. The van der Waals surface area contributed by atoms with Crippen molar-refractivity contribution in [3.05, 3.63) is 47.6 Å². The van der Waals surface area contributed by atoms with E-state index in [4.69, 9.17) is 9.26 Å². The molecule has 1 fully saturated rings. The second-order valence-corrected chi connectivity index (χ2v) is 8.03. The Bertz CT molecular complexity index is 982. The Balaban J connectivity index is 1.54. The van der Waals surface area contributed by atoms with E-state index in [2.05, 4.69) is 5.16 Å². The third-order valence-corrected chi connectivity index (χ3v) is 6.13. The Morgan fingerprint density at radius 2 is 1.89 bits per heavy atom. The van der Waals surface area contributed by atoms with E-state index in [-0.39, 0.29) is 31.9 Å². The average Bonchev–Trinajstić information content (AvgIpc) is 3.12. The fourth-order valence-corrected chi connectivity index (χ4v) is 4.21. The first-order valence-corrected chi connectivity index (χ1v) is 9.86. The highest BCUT2D eigenvalue weighted by molar-refractivity contribution is 7.89. The number of aromatic nitrogens is 1. The van der Waals surface area contributed by atoms with Crippen LogP contribution >= 0.6 is 0 Å². The second kappa shape index (κ2) is 8.07. The molecule has 0 unspecified atom stereocenters. The lowest BCUT2D eigenvalue weighted by atomic mass is 10.3. The van der Waals surface area contributed by atoms with Crippen LogP contribution in [0.15, 0.2) is 39.8 Å². The number of halogens is 1. The van der Waals surface area contributed by atoms with E-state index in [1.807, 2.05) is 0 Å². The van der Waals surface area contributed by atoms with Gasteiger partial charge in [0.15, 0.2) is 6.61 Å². The molecule has 0 bridgehead atoms. The van der Waals surface area contributed by atoms with Crippen LogP contribution in [0.5, 0.6) is 0 Å². The predicted molar refractivity (Wildman–Crippen MR) is 93.3 cm³/mol. The Kier molecular flexibility index (Phi) is 5.75. The summed E-state index contributed by atoms with van der Waals surface area (Å²) in [5.41, 5.74) is 0.505. The molecule has 1 saturated heterocycles. The van der Waals surface area contributed by atoms with E-state index in [9.17, 15) is 22.4 Å². The molecule has 9 nitrogen and oxygen atoms in total. The summed E-state index contributed by atoms with van der Waals surface area (Å²) in [4.78, 5) is 24.9. The van der Waals surface area contributed by atoms with Crippen molar-refractivity contribution in [2.75, 3.05) is 32.8 Å². The van der Waals surface area contributed by atoms with Crippen molar-refractivity contribution in [1.29, 1.82) is 0 Å². The summed E-state index contributed by atoms with van der Waals surface area (Å²) in [6.07, 6.45) is 0. The highest BCUT2D eigenvalue weighted by atomic mass is 32.2. The van der Waals surface area contributed by atoms with Crippen LogP contribution in [0.4, 0.5) is 4.39 Å². The highest BCUT2D eigenvalue weighted by Gasteiger charge is 2.32. The van der Waals surface area contributed by atoms with Crippen LogP contribution in [0.1, 0.15) is 16.2 Å². The zero-order valence-corrected chi connectivity index (χ0v) is 15.8. The van der Waals surface area contributed by atoms with Crippen LogP contribution in [0.25, 0.3) is 0 Å². The quantitative estimate of drug-likeness (QED) is 0.670. The normalized spacial score (nSPS) is 15.4. The van der Waals surface area contributed by atoms with E-state index in [1.165, 1.54) is 29.2 Å². The number of carbonyl (C=O) groups excluding carboxylic acids is 2. The van der Waals surface area contributed by atoms with Gasteiger partial charge in [-0.3, -0.25) is 4.79 Å². The first-order valence-electron chi connectivity index (χ1n) is 8.42. The van der Waals surface area contributed by atoms with Gasteiger partial charge in [-0.1, -0.05) is 17.3 Å². The number of benzene rings is 1. The van der Waals surface area contributed by atoms with Gasteiger partial charge < -0.3 is 14.2 Å². The number of hydrogen-bond acceptors (Lipinski definition) is 7. The Morgan fingerprint density at radius 3 is 2.50 bits per heavy atom. The van der Waals surface area contributed by atoms with Gasteiger partial charge in [0.05, 0.1) is 5.69 Å². The summed E-state index contributed by atoms with van der Waals surface area (Å²) in [7, 11) is -3.99. The highest BCUT2D eigenvalue weighted by Crippen LogP contribution is 2.20. The van der Waals surface area contributed by atoms with Crippen LogP contribution in [-0.4, -0.2) is 67.4 Å². The molecule has 28 heavy (non-hydrogen) atoms. The van der Waals surface area contributed by atoms with Gasteiger partial charge in [0.25, 0.3) is 5.91 Å². The predicted octanol–water partition coefficient (Wildman–Crippen LogP) is 0.812. The van der Waals surface area contributed by atoms with E-state index >= 15 is 0 Å². The number of nitrogens with zero attached hydrogens (tertiary/aromatic N) is 3. The zero-order chi connectivity index (χ0) is 20.3. The molecule has 0 aliphatic carbocycles. The third kappa shape index (κ3) is 4.20. The third-order valence-electron chi connectivity index (χ3n) is 4.20. The molecule has 11 heteroatoms. The van der Waals surface area contributed by atoms with Crippen molar-refractivity contribution < 1.29 is 31.7 Å². The molecule has 1 aromatic carbocycles. The minimum Gasteiger partial charge on any atom is -0.450 e. The molecule has 1 aliphatic heterocycles.